The fourth-order valence-corrected chi connectivity index (χ4v) is 2.61. The lowest BCUT2D eigenvalue weighted by molar-refractivity contribution is 0.0952. The number of benzene rings is 2. The number of hydrogen-bond acceptors (Lipinski definition) is 1. The van der Waals surface area contributed by atoms with Crippen LogP contribution in [0.3, 0.4) is 0 Å². The second kappa shape index (κ2) is 8.16. The maximum absolute atomic E-state index is 12.2. The zero-order chi connectivity index (χ0) is 16.8. The summed E-state index contributed by atoms with van der Waals surface area (Å²) < 4.78 is 0. The van der Waals surface area contributed by atoms with Gasteiger partial charge >= 0.3 is 0 Å². The summed E-state index contributed by atoms with van der Waals surface area (Å²) in [6, 6.07) is 15.7. The van der Waals surface area contributed by atoms with Gasteiger partial charge in [0.05, 0.1) is 0 Å². The van der Waals surface area contributed by atoms with Crippen molar-refractivity contribution in [2.24, 2.45) is 0 Å². The third-order valence-electron chi connectivity index (χ3n) is 4.14. The van der Waals surface area contributed by atoms with E-state index in [1.165, 1.54) is 11.1 Å². The van der Waals surface area contributed by atoms with E-state index in [-0.39, 0.29) is 5.91 Å². The Bertz CT molecular complexity index is 632. The maximum atomic E-state index is 12.2. The summed E-state index contributed by atoms with van der Waals surface area (Å²) in [4.78, 5) is 12.2. The Hall–Kier alpha value is -1.80. The van der Waals surface area contributed by atoms with E-state index in [9.17, 15) is 4.79 Å². The van der Waals surface area contributed by atoms with Crippen LogP contribution in [0.4, 0.5) is 0 Å². The topological polar surface area (TPSA) is 29.1 Å². The molecule has 23 heavy (non-hydrogen) atoms. The van der Waals surface area contributed by atoms with Crippen LogP contribution in [0.5, 0.6) is 0 Å². The summed E-state index contributed by atoms with van der Waals surface area (Å²) >= 11 is 5.90. The van der Waals surface area contributed by atoms with Crippen molar-refractivity contribution in [1.29, 1.82) is 0 Å². The first-order chi connectivity index (χ1) is 11.0. The number of carbonyl (C=O) groups is 1. The predicted octanol–water partition coefficient (Wildman–Crippen LogP) is 5.39. The molecule has 2 aromatic rings. The molecule has 0 fully saturated rings. The van der Waals surface area contributed by atoms with Crippen molar-refractivity contribution < 1.29 is 4.79 Å². The molecule has 0 saturated carbocycles. The second-order valence-electron chi connectivity index (χ2n) is 6.27. The number of hydrogen-bond donors (Lipinski definition) is 1. The molecule has 0 aromatic heterocycles. The van der Waals surface area contributed by atoms with Gasteiger partial charge in [0.15, 0.2) is 0 Å². The fraction of sp³-hybridized carbons (Fsp3) is 0.350. The summed E-state index contributed by atoms with van der Waals surface area (Å²) in [6.45, 7) is 7.11. The summed E-state index contributed by atoms with van der Waals surface area (Å²) in [7, 11) is 0. The SMILES string of the molecule is CC(C)c1ccc(C(=O)NCCC(C)c2ccc(Cl)cc2)cc1. The average Bonchev–Trinajstić information content (AvgIpc) is 2.55. The zero-order valence-corrected chi connectivity index (χ0v) is 14.7. The van der Waals surface area contributed by atoms with Crippen LogP contribution in [-0.2, 0) is 0 Å². The molecule has 1 atom stereocenters. The highest BCUT2D eigenvalue weighted by Gasteiger charge is 2.09. The summed E-state index contributed by atoms with van der Waals surface area (Å²) in [5.41, 5.74) is 3.20. The van der Waals surface area contributed by atoms with E-state index in [1.807, 2.05) is 48.5 Å². The monoisotopic (exact) mass is 329 g/mol. The van der Waals surface area contributed by atoms with Crippen molar-refractivity contribution in [3.05, 3.63) is 70.2 Å². The van der Waals surface area contributed by atoms with Gasteiger partial charge in [-0.15, -0.1) is 0 Å². The number of amides is 1. The molecule has 2 aromatic carbocycles. The van der Waals surface area contributed by atoms with Crippen molar-refractivity contribution in [1.82, 2.24) is 5.32 Å². The number of nitrogens with one attached hydrogen (secondary N) is 1. The van der Waals surface area contributed by atoms with Crippen LogP contribution in [0, 0.1) is 0 Å². The molecule has 2 rings (SSSR count). The fourth-order valence-electron chi connectivity index (χ4n) is 2.48. The number of halogens is 1. The second-order valence-corrected chi connectivity index (χ2v) is 6.71. The Balaban J connectivity index is 1.83. The maximum Gasteiger partial charge on any atom is 0.251 e. The molecule has 0 radical (unpaired) electrons. The lowest BCUT2D eigenvalue weighted by atomic mass is 9.98. The molecule has 0 aliphatic rings. The lowest BCUT2D eigenvalue weighted by Crippen LogP contribution is -2.25. The Labute approximate surface area is 143 Å². The summed E-state index contributed by atoms with van der Waals surface area (Å²) in [6.07, 6.45) is 0.900. The molecular weight excluding hydrogens is 306 g/mol. The molecule has 0 aliphatic carbocycles. The van der Waals surface area contributed by atoms with Gasteiger partial charge in [0.2, 0.25) is 0 Å². The van der Waals surface area contributed by atoms with E-state index >= 15 is 0 Å². The van der Waals surface area contributed by atoms with Gasteiger partial charge in [-0.1, -0.05) is 56.6 Å². The highest BCUT2D eigenvalue weighted by Crippen LogP contribution is 2.20. The highest BCUT2D eigenvalue weighted by molar-refractivity contribution is 6.30. The van der Waals surface area contributed by atoms with Crippen LogP contribution < -0.4 is 5.32 Å². The minimum absolute atomic E-state index is 0.0105. The Morgan fingerprint density at radius 3 is 2.09 bits per heavy atom. The molecule has 0 spiro atoms. The molecule has 0 heterocycles. The van der Waals surface area contributed by atoms with Gasteiger partial charge in [0, 0.05) is 17.1 Å². The average molecular weight is 330 g/mol. The van der Waals surface area contributed by atoms with Crippen molar-refractivity contribution in [3.63, 3.8) is 0 Å². The molecule has 0 saturated heterocycles. The van der Waals surface area contributed by atoms with E-state index in [0.717, 1.165) is 11.4 Å². The summed E-state index contributed by atoms with van der Waals surface area (Å²) in [5.74, 6) is 0.854. The molecule has 122 valence electrons. The summed E-state index contributed by atoms with van der Waals surface area (Å²) in [5, 5.41) is 3.74. The third-order valence-corrected chi connectivity index (χ3v) is 4.39. The molecule has 3 heteroatoms. The standard InChI is InChI=1S/C20H24ClNO/c1-14(2)16-4-6-18(7-5-16)20(23)22-13-12-15(3)17-8-10-19(21)11-9-17/h4-11,14-15H,12-13H2,1-3H3,(H,22,23). The van der Waals surface area contributed by atoms with E-state index < -0.39 is 0 Å². The quantitative estimate of drug-likeness (QED) is 0.756. The van der Waals surface area contributed by atoms with Gasteiger partial charge in [-0.05, 0) is 53.6 Å². The van der Waals surface area contributed by atoms with Gasteiger partial charge in [-0.3, -0.25) is 4.79 Å². The van der Waals surface area contributed by atoms with Crippen LogP contribution in [-0.4, -0.2) is 12.5 Å². The van der Waals surface area contributed by atoms with Gasteiger partial charge in [0.1, 0.15) is 0 Å². The van der Waals surface area contributed by atoms with Gasteiger partial charge in [-0.25, -0.2) is 0 Å². The lowest BCUT2D eigenvalue weighted by Gasteiger charge is -2.13. The third kappa shape index (κ3) is 5.11. The van der Waals surface area contributed by atoms with E-state index in [1.54, 1.807) is 0 Å². The highest BCUT2D eigenvalue weighted by atomic mass is 35.5. The van der Waals surface area contributed by atoms with Gasteiger partial charge in [-0.2, -0.15) is 0 Å². The number of rotatable bonds is 6. The van der Waals surface area contributed by atoms with Crippen molar-refractivity contribution in [3.8, 4) is 0 Å². The molecule has 0 aliphatic heterocycles. The van der Waals surface area contributed by atoms with E-state index in [0.29, 0.717) is 23.9 Å². The van der Waals surface area contributed by atoms with Crippen molar-refractivity contribution >= 4 is 17.5 Å². The van der Waals surface area contributed by atoms with Gasteiger partial charge in [0.25, 0.3) is 5.91 Å². The predicted molar refractivity (Wildman–Crippen MR) is 97.3 cm³/mol. The Morgan fingerprint density at radius 1 is 0.957 bits per heavy atom. The molecule has 1 N–H and O–H groups in total. The smallest absolute Gasteiger partial charge is 0.251 e. The molecule has 0 bridgehead atoms. The zero-order valence-electron chi connectivity index (χ0n) is 14.0. The van der Waals surface area contributed by atoms with Crippen molar-refractivity contribution in [2.75, 3.05) is 6.54 Å². The van der Waals surface area contributed by atoms with Crippen LogP contribution in [0.2, 0.25) is 5.02 Å². The van der Waals surface area contributed by atoms with Crippen LogP contribution >= 0.6 is 11.6 Å². The molecular formula is C20H24ClNO. The first kappa shape index (κ1) is 17.6. The van der Waals surface area contributed by atoms with Crippen LogP contribution in [0.15, 0.2) is 48.5 Å². The normalized spacial score (nSPS) is 12.2. The minimum atomic E-state index is -0.0105. The minimum Gasteiger partial charge on any atom is -0.352 e. The van der Waals surface area contributed by atoms with E-state index in [4.69, 9.17) is 11.6 Å². The molecule has 2 nitrogen and oxygen atoms in total. The van der Waals surface area contributed by atoms with Gasteiger partial charge < -0.3 is 5.32 Å². The van der Waals surface area contributed by atoms with Crippen molar-refractivity contribution in [2.45, 2.75) is 39.0 Å². The number of carbonyl (C=O) groups excluding carboxylic acids is 1. The Morgan fingerprint density at radius 2 is 1.52 bits per heavy atom. The van der Waals surface area contributed by atoms with Crippen LogP contribution in [0.1, 0.15) is 60.5 Å². The molecule has 1 unspecified atom stereocenters. The first-order valence-electron chi connectivity index (χ1n) is 8.11. The Kier molecular flexibility index (Phi) is 6.23. The first-order valence-corrected chi connectivity index (χ1v) is 8.49. The van der Waals surface area contributed by atoms with Crippen LogP contribution in [0.25, 0.3) is 0 Å². The van der Waals surface area contributed by atoms with E-state index in [2.05, 4.69) is 26.1 Å². The molecule has 1 amide bonds. The largest absolute Gasteiger partial charge is 0.352 e.